The molecule has 0 fully saturated rings. The van der Waals surface area contributed by atoms with Crippen molar-refractivity contribution < 1.29 is 0 Å². The molecule has 0 amide bonds. The Morgan fingerprint density at radius 2 is 2.30 bits per heavy atom. The van der Waals surface area contributed by atoms with Gasteiger partial charge < -0.3 is 0 Å². The summed E-state index contributed by atoms with van der Waals surface area (Å²) in [5.74, 6) is 0. The summed E-state index contributed by atoms with van der Waals surface area (Å²) in [7, 11) is 0. The Morgan fingerprint density at radius 1 is 1.60 bits per heavy atom. The summed E-state index contributed by atoms with van der Waals surface area (Å²) in [6.07, 6.45) is 6.71. The first-order valence-corrected chi connectivity index (χ1v) is 3.64. The highest BCUT2D eigenvalue weighted by atomic mass is 14.7. The largest absolute Gasteiger partial charge is 0.262 e. The summed E-state index contributed by atoms with van der Waals surface area (Å²) < 4.78 is 0. The molecular weight excluding hydrogens is 122 g/mol. The molecule has 0 heterocycles. The third-order valence-electron chi connectivity index (χ3n) is 1.18. The molecule has 0 aromatic heterocycles. The molecule has 0 aromatic rings. The molecule has 56 valence electrons. The van der Waals surface area contributed by atoms with Gasteiger partial charge in [-0.05, 0) is 12.8 Å². The van der Waals surface area contributed by atoms with E-state index >= 15 is 0 Å². The lowest BCUT2D eigenvalue weighted by Crippen LogP contribution is -1.76. The van der Waals surface area contributed by atoms with E-state index in [1.165, 1.54) is 12.8 Å². The van der Waals surface area contributed by atoms with Crippen LogP contribution in [0.1, 0.15) is 26.2 Å². The van der Waals surface area contributed by atoms with Crippen LogP contribution in [-0.2, 0) is 0 Å². The maximum absolute atomic E-state index is 4.04. The van der Waals surface area contributed by atoms with Crippen molar-refractivity contribution in [2.45, 2.75) is 26.2 Å². The van der Waals surface area contributed by atoms with E-state index in [0.29, 0.717) is 0 Å². The molecule has 1 heteroatoms. The Bertz CT molecular complexity index is 134. The van der Waals surface area contributed by atoms with Crippen LogP contribution in [-0.4, -0.2) is 6.21 Å². The summed E-state index contributed by atoms with van der Waals surface area (Å²) in [5.41, 5.74) is 0.946. The predicted octanol–water partition coefficient (Wildman–Crippen LogP) is 2.95. The Balaban J connectivity index is 3.43. The van der Waals surface area contributed by atoms with E-state index in [0.717, 1.165) is 12.1 Å². The number of allylic oxidation sites excluding steroid dienone is 2. The summed E-state index contributed by atoms with van der Waals surface area (Å²) >= 11 is 0. The van der Waals surface area contributed by atoms with Crippen molar-refractivity contribution in [1.82, 2.24) is 0 Å². The first-order chi connectivity index (χ1) is 4.81. The van der Waals surface area contributed by atoms with Gasteiger partial charge in [-0.25, -0.2) is 0 Å². The van der Waals surface area contributed by atoms with Crippen LogP contribution in [0.2, 0.25) is 0 Å². The third kappa shape index (κ3) is 5.29. The number of hydrogen-bond acceptors (Lipinski definition) is 1. The summed E-state index contributed by atoms with van der Waals surface area (Å²) in [4.78, 5) is 4.04. The molecule has 0 rings (SSSR count). The minimum atomic E-state index is 0.946. The Hall–Kier alpha value is -0.850. The number of hydrogen-bond donors (Lipinski definition) is 0. The Kier molecular flexibility index (Phi) is 5.74. The summed E-state index contributed by atoms with van der Waals surface area (Å²) in [5, 5.41) is 0. The highest BCUT2D eigenvalue weighted by molar-refractivity contribution is 5.71. The SMILES string of the molecule is C=CC=NC(=C)CCCC. The van der Waals surface area contributed by atoms with Crippen LogP contribution in [0.4, 0.5) is 0 Å². The Labute approximate surface area is 63.2 Å². The average molecular weight is 137 g/mol. The van der Waals surface area contributed by atoms with Gasteiger partial charge in [0, 0.05) is 11.9 Å². The molecule has 0 atom stereocenters. The average Bonchev–Trinajstić information content (AvgIpc) is 1.97. The van der Waals surface area contributed by atoms with Crippen LogP contribution in [0, 0.1) is 0 Å². The molecule has 0 N–H and O–H groups in total. The van der Waals surface area contributed by atoms with Crippen LogP contribution in [0.3, 0.4) is 0 Å². The van der Waals surface area contributed by atoms with Gasteiger partial charge in [-0.15, -0.1) is 0 Å². The zero-order valence-corrected chi connectivity index (χ0v) is 6.64. The molecule has 10 heavy (non-hydrogen) atoms. The van der Waals surface area contributed by atoms with E-state index in [1.54, 1.807) is 12.3 Å². The van der Waals surface area contributed by atoms with E-state index in [-0.39, 0.29) is 0 Å². The smallest absolute Gasteiger partial charge is 0.0331 e. The van der Waals surface area contributed by atoms with Crippen LogP contribution in [0.25, 0.3) is 0 Å². The zero-order chi connectivity index (χ0) is 7.82. The van der Waals surface area contributed by atoms with E-state index in [2.05, 4.69) is 25.1 Å². The van der Waals surface area contributed by atoms with Gasteiger partial charge in [0.15, 0.2) is 0 Å². The third-order valence-corrected chi connectivity index (χ3v) is 1.18. The van der Waals surface area contributed by atoms with E-state index in [1.807, 2.05) is 0 Å². The molecule has 0 saturated heterocycles. The number of nitrogens with zero attached hydrogens (tertiary/aromatic N) is 1. The van der Waals surface area contributed by atoms with Gasteiger partial charge in [0.2, 0.25) is 0 Å². The summed E-state index contributed by atoms with van der Waals surface area (Å²) in [6, 6.07) is 0. The lowest BCUT2D eigenvalue weighted by molar-refractivity contribution is 0.784. The quantitative estimate of drug-likeness (QED) is 0.516. The standard InChI is InChI=1S/C9H15N/c1-4-6-7-9(3)10-8-5-2/h5,8H,2-4,6-7H2,1H3. The molecular formula is C9H15N. The van der Waals surface area contributed by atoms with Gasteiger partial charge in [0.25, 0.3) is 0 Å². The molecule has 0 unspecified atom stereocenters. The molecule has 1 nitrogen and oxygen atoms in total. The van der Waals surface area contributed by atoms with Crippen molar-refractivity contribution >= 4 is 6.21 Å². The molecule has 0 radical (unpaired) electrons. The van der Waals surface area contributed by atoms with Crippen molar-refractivity contribution in [1.29, 1.82) is 0 Å². The molecule has 0 spiro atoms. The molecule has 0 saturated carbocycles. The van der Waals surface area contributed by atoms with Gasteiger partial charge in [-0.1, -0.05) is 32.6 Å². The number of unbranched alkanes of at least 4 members (excludes halogenated alkanes) is 1. The lowest BCUT2D eigenvalue weighted by atomic mass is 10.2. The molecule has 0 aliphatic rings. The van der Waals surface area contributed by atoms with Crippen LogP contribution < -0.4 is 0 Å². The summed E-state index contributed by atoms with van der Waals surface area (Å²) in [6.45, 7) is 9.46. The second-order valence-electron chi connectivity index (χ2n) is 2.18. The van der Waals surface area contributed by atoms with Gasteiger partial charge in [-0.3, -0.25) is 4.99 Å². The van der Waals surface area contributed by atoms with Crippen LogP contribution in [0.15, 0.2) is 29.9 Å². The highest BCUT2D eigenvalue weighted by Gasteiger charge is 1.86. The van der Waals surface area contributed by atoms with E-state index in [9.17, 15) is 0 Å². The fourth-order valence-corrected chi connectivity index (χ4v) is 0.603. The normalized spacial score (nSPS) is 10.1. The number of rotatable bonds is 5. The van der Waals surface area contributed by atoms with Crippen molar-refractivity contribution in [2.24, 2.45) is 4.99 Å². The van der Waals surface area contributed by atoms with Crippen LogP contribution in [0.5, 0.6) is 0 Å². The van der Waals surface area contributed by atoms with E-state index < -0.39 is 0 Å². The Morgan fingerprint density at radius 3 is 2.80 bits per heavy atom. The minimum absolute atomic E-state index is 0.946. The van der Waals surface area contributed by atoms with Gasteiger partial charge in [-0.2, -0.15) is 0 Å². The zero-order valence-electron chi connectivity index (χ0n) is 6.64. The second kappa shape index (κ2) is 6.27. The van der Waals surface area contributed by atoms with Gasteiger partial charge in [0.1, 0.15) is 0 Å². The van der Waals surface area contributed by atoms with Crippen LogP contribution >= 0.6 is 0 Å². The predicted molar refractivity (Wildman–Crippen MR) is 47.4 cm³/mol. The number of aliphatic imine (C=N–C) groups is 1. The van der Waals surface area contributed by atoms with Gasteiger partial charge in [0.05, 0.1) is 0 Å². The molecule has 0 aliphatic carbocycles. The first kappa shape index (κ1) is 9.15. The first-order valence-electron chi connectivity index (χ1n) is 3.64. The lowest BCUT2D eigenvalue weighted by Gasteiger charge is -1.94. The van der Waals surface area contributed by atoms with Crippen molar-refractivity contribution in [2.75, 3.05) is 0 Å². The van der Waals surface area contributed by atoms with Gasteiger partial charge >= 0.3 is 0 Å². The van der Waals surface area contributed by atoms with E-state index in [4.69, 9.17) is 0 Å². The minimum Gasteiger partial charge on any atom is -0.262 e. The molecule has 0 bridgehead atoms. The van der Waals surface area contributed by atoms with Crippen molar-refractivity contribution in [3.8, 4) is 0 Å². The van der Waals surface area contributed by atoms with Crippen molar-refractivity contribution in [3.63, 3.8) is 0 Å². The topological polar surface area (TPSA) is 12.4 Å². The highest BCUT2D eigenvalue weighted by Crippen LogP contribution is 2.04. The van der Waals surface area contributed by atoms with Crippen molar-refractivity contribution in [3.05, 3.63) is 24.9 Å². The maximum atomic E-state index is 4.04. The molecule has 0 aromatic carbocycles. The fourth-order valence-electron chi connectivity index (χ4n) is 0.603. The maximum Gasteiger partial charge on any atom is 0.0331 e. The fraction of sp³-hybridized carbons (Fsp3) is 0.444. The molecule has 0 aliphatic heterocycles. The monoisotopic (exact) mass is 137 g/mol. The second-order valence-corrected chi connectivity index (χ2v) is 2.18.